The third kappa shape index (κ3) is 4.25. The van der Waals surface area contributed by atoms with E-state index < -0.39 is 11.7 Å². The van der Waals surface area contributed by atoms with Crippen LogP contribution in [0.2, 0.25) is 0 Å². The quantitative estimate of drug-likeness (QED) is 0.732. The molecular weight excluding hydrogens is 387 g/mol. The van der Waals surface area contributed by atoms with Crippen molar-refractivity contribution in [1.82, 2.24) is 4.98 Å². The number of hydrogen-bond donors (Lipinski definition) is 1. The summed E-state index contributed by atoms with van der Waals surface area (Å²) in [4.78, 5) is 15.6. The number of amides is 1. The lowest BCUT2D eigenvalue weighted by molar-refractivity contribution is 0.0635. The summed E-state index contributed by atoms with van der Waals surface area (Å²) in [5, 5.41) is 2.60. The summed E-state index contributed by atoms with van der Waals surface area (Å²) < 4.78 is 6.85. The van der Waals surface area contributed by atoms with Gasteiger partial charge in [0.25, 0.3) is 0 Å². The summed E-state index contributed by atoms with van der Waals surface area (Å²) in [5.74, 6) is 0.490. The van der Waals surface area contributed by atoms with Gasteiger partial charge >= 0.3 is 6.09 Å². The lowest BCUT2D eigenvalue weighted by Gasteiger charge is -2.19. The Hall–Kier alpha value is -0.370. The van der Waals surface area contributed by atoms with Crippen molar-refractivity contribution in [2.75, 3.05) is 5.32 Å². The highest BCUT2D eigenvalue weighted by Crippen LogP contribution is 2.24. The van der Waals surface area contributed by atoms with Crippen molar-refractivity contribution in [2.45, 2.75) is 26.4 Å². The molecule has 0 radical (unpaired) electrons. The molecule has 0 bridgehead atoms. The zero-order valence-corrected chi connectivity index (χ0v) is 12.9. The smallest absolute Gasteiger partial charge is 0.413 e. The van der Waals surface area contributed by atoms with E-state index in [9.17, 15) is 4.79 Å². The van der Waals surface area contributed by atoms with Crippen LogP contribution in [0.4, 0.5) is 10.6 Å². The Kier molecular flexibility index (Phi) is 4.54. The van der Waals surface area contributed by atoms with E-state index in [4.69, 9.17) is 4.74 Å². The fraction of sp³-hybridized carbons (Fsp3) is 0.400. The number of hydrogen-bond acceptors (Lipinski definition) is 3. The lowest BCUT2D eigenvalue weighted by atomic mass is 10.2. The number of halogens is 2. The van der Waals surface area contributed by atoms with Crippen LogP contribution in [0.15, 0.2) is 16.7 Å². The van der Waals surface area contributed by atoms with E-state index in [1.54, 1.807) is 6.20 Å². The van der Waals surface area contributed by atoms with Crippen molar-refractivity contribution in [3.63, 3.8) is 0 Å². The maximum atomic E-state index is 11.5. The lowest BCUT2D eigenvalue weighted by Crippen LogP contribution is -2.27. The molecule has 0 aliphatic rings. The van der Waals surface area contributed by atoms with E-state index in [0.717, 1.165) is 8.04 Å². The van der Waals surface area contributed by atoms with Crippen LogP contribution in [0.3, 0.4) is 0 Å². The Morgan fingerprint density at radius 2 is 2.19 bits per heavy atom. The van der Waals surface area contributed by atoms with E-state index in [0.29, 0.717) is 5.82 Å². The van der Waals surface area contributed by atoms with Crippen molar-refractivity contribution in [2.24, 2.45) is 0 Å². The Morgan fingerprint density at radius 1 is 1.56 bits per heavy atom. The minimum Gasteiger partial charge on any atom is -0.444 e. The van der Waals surface area contributed by atoms with Crippen molar-refractivity contribution < 1.29 is 9.53 Å². The summed E-state index contributed by atoms with van der Waals surface area (Å²) in [6.07, 6.45) is 1.11. The summed E-state index contributed by atoms with van der Waals surface area (Å²) in [5.41, 5.74) is -0.512. The number of pyridine rings is 1. The number of rotatable bonds is 1. The summed E-state index contributed by atoms with van der Waals surface area (Å²) in [7, 11) is 0. The molecule has 1 heterocycles. The minimum atomic E-state index is -0.512. The van der Waals surface area contributed by atoms with Gasteiger partial charge in [-0.15, -0.1) is 0 Å². The van der Waals surface area contributed by atoms with Crippen LogP contribution >= 0.6 is 38.5 Å². The Bertz CT molecular complexity index is 404. The van der Waals surface area contributed by atoms with Crippen LogP contribution in [0.5, 0.6) is 0 Å². The molecule has 0 saturated heterocycles. The van der Waals surface area contributed by atoms with E-state index in [2.05, 4.69) is 48.8 Å². The zero-order chi connectivity index (χ0) is 12.3. The molecule has 0 atom stereocenters. The molecule has 16 heavy (non-hydrogen) atoms. The first kappa shape index (κ1) is 13.7. The maximum absolute atomic E-state index is 11.5. The van der Waals surface area contributed by atoms with Crippen molar-refractivity contribution >= 4 is 50.4 Å². The highest BCUT2D eigenvalue weighted by Gasteiger charge is 2.17. The molecule has 0 aliphatic heterocycles. The number of carbonyl (C=O) groups is 1. The molecule has 1 amide bonds. The molecule has 88 valence electrons. The largest absolute Gasteiger partial charge is 0.444 e. The van der Waals surface area contributed by atoms with Crippen LogP contribution in [-0.4, -0.2) is 16.7 Å². The van der Waals surface area contributed by atoms with Gasteiger partial charge in [0.1, 0.15) is 11.4 Å². The summed E-state index contributed by atoms with van der Waals surface area (Å²) in [6.45, 7) is 5.43. The molecule has 0 aromatic carbocycles. The molecule has 1 aromatic heterocycles. The van der Waals surface area contributed by atoms with Crippen LogP contribution in [-0.2, 0) is 4.74 Å². The van der Waals surface area contributed by atoms with Gasteiger partial charge in [-0.1, -0.05) is 0 Å². The predicted molar refractivity (Wildman–Crippen MR) is 74.5 cm³/mol. The number of aromatic nitrogens is 1. The fourth-order valence-corrected chi connectivity index (χ4v) is 1.67. The van der Waals surface area contributed by atoms with Gasteiger partial charge in [0.05, 0.1) is 3.57 Å². The van der Waals surface area contributed by atoms with Gasteiger partial charge in [0.2, 0.25) is 0 Å². The molecule has 1 aromatic rings. The first-order valence-corrected chi connectivity index (χ1v) is 6.47. The highest BCUT2D eigenvalue weighted by atomic mass is 127. The topological polar surface area (TPSA) is 51.2 Å². The monoisotopic (exact) mass is 398 g/mol. The van der Waals surface area contributed by atoms with Gasteiger partial charge in [-0.05, 0) is 65.4 Å². The van der Waals surface area contributed by atoms with Crippen LogP contribution in [0.1, 0.15) is 20.8 Å². The third-order valence-electron chi connectivity index (χ3n) is 1.46. The van der Waals surface area contributed by atoms with E-state index in [1.165, 1.54) is 0 Å². The van der Waals surface area contributed by atoms with E-state index in [1.807, 2.05) is 26.8 Å². The summed E-state index contributed by atoms with van der Waals surface area (Å²) in [6, 6.07) is 1.81. The SMILES string of the molecule is CC(C)(C)OC(=O)Nc1nccc(Br)c1I. The molecule has 1 N–H and O–H groups in total. The molecule has 0 saturated carbocycles. The number of nitrogens with one attached hydrogen (secondary N) is 1. The van der Waals surface area contributed by atoms with Crippen LogP contribution < -0.4 is 5.32 Å². The van der Waals surface area contributed by atoms with Gasteiger partial charge in [0, 0.05) is 10.7 Å². The van der Waals surface area contributed by atoms with Crippen molar-refractivity contribution in [3.05, 3.63) is 20.3 Å². The normalized spacial score (nSPS) is 11.1. The highest BCUT2D eigenvalue weighted by molar-refractivity contribution is 14.1. The minimum absolute atomic E-state index is 0.490. The van der Waals surface area contributed by atoms with Crippen molar-refractivity contribution in [3.8, 4) is 0 Å². The molecular formula is C10H12BrIN2O2. The molecule has 6 heteroatoms. The first-order valence-electron chi connectivity index (χ1n) is 4.59. The number of carbonyl (C=O) groups excluding carboxylic acids is 1. The standard InChI is InChI=1S/C10H12BrIN2O2/c1-10(2,3)16-9(15)14-8-7(12)6(11)4-5-13-8/h4-5H,1-3H3,(H,13,14,15). The maximum Gasteiger partial charge on any atom is 0.413 e. The first-order chi connectivity index (χ1) is 7.29. The average molecular weight is 399 g/mol. The van der Waals surface area contributed by atoms with Crippen LogP contribution in [0, 0.1) is 3.57 Å². The Labute approximate surface area is 116 Å². The molecule has 0 fully saturated rings. The van der Waals surface area contributed by atoms with Crippen LogP contribution in [0.25, 0.3) is 0 Å². The Morgan fingerprint density at radius 3 is 2.75 bits per heavy atom. The predicted octanol–water partition coefficient (Wildman–Crippen LogP) is 3.80. The number of nitrogens with zero attached hydrogens (tertiary/aromatic N) is 1. The molecule has 4 nitrogen and oxygen atoms in total. The molecule has 1 rings (SSSR count). The second-order valence-corrected chi connectivity index (χ2v) is 6.02. The van der Waals surface area contributed by atoms with E-state index >= 15 is 0 Å². The molecule has 0 spiro atoms. The second kappa shape index (κ2) is 5.31. The average Bonchev–Trinajstić information content (AvgIpc) is 2.09. The van der Waals surface area contributed by atoms with E-state index in [-0.39, 0.29) is 0 Å². The second-order valence-electron chi connectivity index (χ2n) is 4.08. The van der Waals surface area contributed by atoms with Gasteiger partial charge in [-0.3, -0.25) is 5.32 Å². The van der Waals surface area contributed by atoms with Gasteiger partial charge in [-0.25, -0.2) is 9.78 Å². The summed E-state index contributed by atoms with van der Waals surface area (Å²) >= 11 is 5.45. The van der Waals surface area contributed by atoms with Crippen molar-refractivity contribution in [1.29, 1.82) is 0 Å². The fourth-order valence-electron chi connectivity index (χ4n) is 0.908. The molecule has 0 unspecified atom stereocenters. The number of anilines is 1. The Balaban J connectivity index is 2.74. The molecule has 0 aliphatic carbocycles. The van der Waals surface area contributed by atoms with Gasteiger partial charge in [-0.2, -0.15) is 0 Å². The third-order valence-corrected chi connectivity index (χ3v) is 3.96. The van der Waals surface area contributed by atoms with Gasteiger partial charge in [0.15, 0.2) is 0 Å². The van der Waals surface area contributed by atoms with Gasteiger partial charge < -0.3 is 4.74 Å². The number of ether oxygens (including phenoxy) is 1. The zero-order valence-electron chi connectivity index (χ0n) is 9.17.